The minimum Gasteiger partial charge on any atom is -0.505 e. The molecule has 0 aliphatic carbocycles. The maximum atomic E-state index is 12.0. The molecule has 5 nitrogen and oxygen atoms in total. The first-order chi connectivity index (χ1) is 9.11. The molecule has 0 radical (unpaired) electrons. The number of hydrogen-bond donors (Lipinski definition) is 2. The van der Waals surface area contributed by atoms with Crippen LogP contribution in [-0.4, -0.2) is 21.0 Å². The Labute approximate surface area is 115 Å². The summed E-state index contributed by atoms with van der Waals surface area (Å²) < 4.78 is 0. The van der Waals surface area contributed by atoms with Gasteiger partial charge in [-0.15, -0.1) is 11.3 Å². The molecule has 2 aromatic heterocycles. The van der Waals surface area contributed by atoms with Crippen LogP contribution in [0.25, 0.3) is 0 Å². The fourth-order valence-corrected chi connectivity index (χ4v) is 2.46. The second-order valence-corrected chi connectivity index (χ2v) is 5.25. The van der Waals surface area contributed by atoms with E-state index in [2.05, 4.69) is 22.2 Å². The minimum absolute atomic E-state index is 0.124. The number of rotatable bonds is 4. The highest BCUT2D eigenvalue weighted by Crippen LogP contribution is 2.21. The van der Waals surface area contributed by atoms with Gasteiger partial charge in [0.25, 0.3) is 5.91 Å². The van der Waals surface area contributed by atoms with Crippen LogP contribution in [0.15, 0.2) is 24.7 Å². The van der Waals surface area contributed by atoms with Crippen LogP contribution in [0.1, 0.15) is 40.1 Å². The van der Waals surface area contributed by atoms with Crippen molar-refractivity contribution in [3.8, 4) is 5.75 Å². The molecule has 1 atom stereocenters. The van der Waals surface area contributed by atoms with Crippen molar-refractivity contribution in [2.24, 2.45) is 0 Å². The largest absolute Gasteiger partial charge is 0.505 e. The van der Waals surface area contributed by atoms with E-state index in [1.807, 2.05) is 13.1 Å². The van der Waals surface area contributed by atoms with E-state index in [0.29, 0.717) is 0 Å². The number of amides is 1. The van der Waals surface area contributed by atoms with E-state index in [4.69, 9.17) is 0 Å². The third-order valence-electron chi connectivity index (χ3n) is 2.68. The van der Waals surface area contributed by atoms with Crippen LogP contribution in [0.2, 0.25) is 0 Å². The fraction of sp³-hybridized carbons (Fsp3) is 0.308. The second-order valence-electron chi connectivity index (χ2n) is 4.11. The fourth-order valence-electron chi connectivity index (χ4n) is 1.60. The van der Waals surface area contributed by atoms with Gasteiger partial charge in [-0.2, -0.15) is 0 Å². The second kappa shape index (κ2) is 5.79. The number of aromatic nitrogens is 2. The molecule has 1 amide bonds. The van der Waals surface area contributed by atoms with Crippen molar-refractivity contribution >= 4 is 17.2 Å². The van der Waals surface area contributed by atoms with Crippen LogP contribution in [0.5, 0.6) is 5.75 Å². The summed E-state index contributed by atoms with van der Waals surface area (Å²) in [4.78, 5) is 21.2. The Hall–Kier alpha value is -1.95. The van der Waals surface area contributed by atoms with E-state index in [9.17, 15) is 9.90 Å². The average Bonchev–Trinajstić information content (AvgIpc) is 2.88. The van der Waals surface area contributed by atoms with Crippen LogP contribution in [-0.2, 0) is 6.42 Å². The molecule has 1 unspecified atom stereocenters. The molecule has 0 aliphatic heterocycles. The normalized spacial score (nSPS) is 12.1. The van der Waals surface area contributed by atoms with Gasteiger partial charge in [0.05, 0.1) is 17.8 Å². The molecule has 0 spiro atoms. The average molecular weight is 277 g/mol. The number of nitrogens with zero attached hydrogens (tertiary/aromatic N) is 2. The Morgan fingerprint density at radius 3 is 2.95 bits per heavy atom. The zero-order valence-corrected chi connectivity index (χ0v) is 11.6. The number of aryl methyl sites for hydroxylation is 1. The summed E-state index contributed by atoms with van der Waals surface area (Å²) >= 11 is 1.58. The number of carbonyl (C=O) groups is 1. The van der Waals surface area contributed by atoms with Crippen LogP contribution < -0.4 is 5.32 Å². The molecule has 0 fully saturated rings. The van der Waals surface area contributed by atoms with Crippen molar-refractivity contribution in [2.45, 2.75) is 26.3 Å². The Kier molecular flexibility index (Phi) is 4.11. The molecule has 0 saturated heterocycles. The molecular weight excluding hydrogens is 262 g/mol. The summed E-state index contributed by atoms with van der Waals surface area (Å²) in [5.41, 5.74) is 0.217. The number of pyridine rings is 1. The smallest absolute Gasteiger partial charge is 0.255 e. The van der Waals surface area contributed by atoms with Crippen molar-refractivity contribution in [3.05, 3.63) is 40.1 Å². The monoisotopic (exact) mass is 277 g/mol. The summed E-state index contributed by atoms with van der Waals surface area (Å²) in [7, 11) is 0. The summed E-state index contributed by atoms with van der Waals surface area (Å²) in [5, 5.41) is 13.2. The van der Waals surface area contributed by atoms with Crippen molar-refractivity contribution in [3.63, 3.8) is 0 Å². The summed E-state index contributed by atoms with van der Waals surface area (Å²) in [5.74, 6) is -0.457. The van der Waals surface area contributed by atoms with Crippen LogP contribution in [0.4, 0.5) is 0 Å². The third kappa shape index (κ3) is 3.08. The summed E-state index contributed by atoms with van der Waals surface area (Å²) in [6.45, 7) is 3.93. The maximum Gasteiger partial charge on any atom is 0.255 e. The highest BCUT2D eigenvalue weighted by Gasteiger charge is 2.16. The molecule has 2 rings (SSSR count). The van der Waals surface area contributed by atoms with Crippen LogP contribution in [0.3, 0.4) is 0 Å². The van der Waals surface area contributed by atoms with E-state index in [1.165, 1.54) is 23.3 Å². The lowest BCUT2D eigenvalue weighted by Crippen LogP contribution is -2.26. The number of hydrogen-bond acceptors (Lipinski definition) is 5. The Balaban J connectivity index is 2.08. The first-order valence-electron chi connectivity index (χ1n) is 6.00. The van der Waals surface area contributed by atoms with Gasteiger partial charge in [0.1, 0.15) is 10.8 Å². The predicted molar refractivity (Wildman–Crippen MR) is 73.3 cm³/mol. The molecule has 6 heteroatoms. The highest BCUT2D eigenvalue weighted by molar-refractivity contribution is 7.11. The van der Waals surface area contributed by atoms with E-state index < -0.39 is 0 Å². The van der Waals surface area contributed by atoms with Crippen molar-refractivity contribution in [1.29, 1.82) is 0 Å². The quantitative estimate of drug-likeness (QED) is 0.899. The van der Waals surface area contributed by atoms with Gasteiger partial charge in [-0.05, 0) is 19.4 Å². The van der Waals surface area contributed by atoms with Crippen molar-refractivity contribution in [2.75, 3.05) is 0 Å². The number of carbonyl (C=O) groups excluding carboxylic acids is 1. The lowest BCUT2D eigenvalue weighted by Gasteiger charge is -2.11. The lowest BCUT2D eigenvalue weighted by atomic mass is 10.2. The molecule has 2 aromatic rings. The molecule has 0 aromatic carbocycles. The van der Waals surface area contributed by atoms with E-state index in [0.717, 1.165) is 11.4 Å². The van der Waals surface area contributed by atoms with E-state index in [1.54, 1.807) is 11.3 Å². The van der Waals surface area contributed by atoms with Crippen LogP contribution in [0, 0.1) is 0 Å². The molecular formula is C13H15N3O2S. The third-order valence-corrected chi connectivity index (χ3v) is 4.01. The molecule has 0 saturated carbocycles. The number of aromatic hydroxyl groups is 1. The van der Waals surface area contributed by atoms with Gasteiger partial charge >= 0.3 is 0 Å². The van der Waals surface area contributed by atoms with Gasteiger partial charge in [0.2, 0.25) is 0 Å². The van der Waals surface area contributed by atoms with E-state index in [-0.39, 0.29) is 23.3 Å². The van der Waals surface area contributed by atoms with Gasteiger partial charge < -0.3 is 10.4 Å². The molecule has 2 N–H and O–H groups in total. The maximum absolute atomic E-state index is 12.0. The first-order valence-corrected chi connectivity index (χ1v) is 6.82. The Bertz CT molecular complexity index is 583. The number of thiazole rings is 1. The molecule has 100 valence electrons. The first kappa shape index (κ1) is 13.5. The zero-order chi connectivity index (χ0) is 13.8. The summed E-state index contributed by atoms with van der Waals surface area (Å²) in [6, 6.07) is 1.29. The van der Waals surface area contributed by atoms with Crippen molar-refractivity contribution < 1.29 is 9.90 Å². The molecule has 0 bridgehead atoms. The predicted octanol–water partition coefficient (Wildman–Crippen LogP) is 2.30. The van der Waals surface area contributed by atoms with Gasteiger partial charge in [-0.3, -0.25) is 9.78 Å². The standard InChI is InChI=1S/C13H15N3O2S/c1-3-9-6-15-13(19-9)8(2)16-12(18)10-4-5-14-7-11(10)17/h4-8,17H,3H2,1-2H3,(H,16,18). The van der Waals surface area contributed by atoms with Gasteiger partial charge in [-0.25, -0.2) is 4.98 Å². The Morgan fingerprint density at radius 1 is 1.53 bits per heavy atom. The number of nitrogens with one attached hydrogen (secondary N) is 1. The minimum atomic E-state index is -0.333. The lowest BCUT2D eigenvalue weighted by molar-refractivity contribution is 0.0937. The molecule has 19 heavy (non-hydrogen) atoms. The van der Waals surface area contributed by atoms with Gasteiger partial charge in [0.15, 0.2) is 0 Å². The Morgan fingerprint density at radius 2 is 2.32 bits per heavy atom. The van der Waals surface area contributed by atoms with Gasteiger partial charge in [0, 0.05) is 17.3 Å². The molecule has 0 aliphatic rings. The molecule has 2 heterocycles. The SMILES string of the molecule is CCc1cnc(C(C)NC(=O)c2ccncc2O)s1. The van der Waals surface area contributed by atoms with Crippen molar-refractivity contribution in [1.82, 2.24) is 15.3 Å². The summed E-state index contributed by atoms with van der Waals surface area (Å²) in [6.07, 6.45) is 5.48. The highest BCUT2D eigenvalue weighted by atomic mass is 32.1. The van der Waals surface area contributed by atoms with E-state index >= 15 is 0 Å². The zero-order valence-electron chi connectivity index (χ0n) is 10.8. The van der Waals surface area contributed by atoms with Gasteiger partial charge in [-0.1, -0.05) is 6.92 Å². The van der Waals surface area contributed by atoms with Crippen LogP contribution >= 0.6 is 11.3 Å². The topological polar surface area (TPSA) is 75.1 Å².